The van der Waals surface area contributed by atoms with Crippen LogP contribution in [0.1, 0.15) is 26.2 Å². The fourth-order valence-corrected chi connectivity index (χ4v) is 5.34. The van der Waals surface area contributed by atoms with E-state index in [2.05, 4.69) is 12.2 Å². The van der Waals surface area contributed by atoms with Gasteiger partial charge in [0.1, 0.15) is 5.82 Å². The lowest BCUT2D eigenvalue weighted by Gasteiger charge is -2.35. The molecule has 2 saturated heterocycles. The maximum absolute atomic E-state index is 13.0. The van der Waals surface area contributed by atoms with Crippen LogP contribution in [0.4, 0.5) is 4.39 Å². The minimum Gasteiger partial charge on any atom is -0.340 e. The molecule has 1 atom stereocenters. The van der Waals surface area contributed by atoms with Gasteiger partial charge >= 0.3 is 0 Å². The predicted molar refractivity (Wildman–Crippen MR) is 101 cm³/mol. The molecule has 2 heterocycles. The lowest BCUT2D eigenvalue weighted by molar-refractivity contribution is -0.133. The number of benzene rings is 1. The van der Waals surface area contributed by atoms with E-state index in [1.165, 1.54) is 16.4 Å². The Bertz CT molecular complexity index is 740. The Kier molecular flexibility index (Phi) is 6.49. The first-order chi connectivity index (χ1) is 12.9. The largest absolute Gasteiger partial charge is 0.340 e. The van der Waals surface area contributed by atoms with Crippen molar-refractivity contribution in [1.29, 1.82) is 0 Å². The highest BCUT2D eigenvalue weighted by atomic mass is 32.2. The third-order valence-corrected chi connectivity index (χ3v) is 7.64. The summed E-state index contributed by atoms with van der Waals surface area (Å²) in [4.78, 5) is 14.5. The van der Waals surface area contributed by atoms with Gasteiger partial charge in [0.15, 0.2) is 0 Å². The van der Waals surface area contributed by atoms with Gasteiger partial charge in [-0.15, -0.1) is 0 Å². The molecule has 0 spiro atoms. The van der Waals surface area contributed by atoms with Crippen LogP contribution in [0.25, 0.3) is 0 Å². The summed E-state index contributed by atoms with van der Waals surface area (Å²) in [6, 6.07) is 4.86. The average Bonchev–Trinajstić information content (AvgIpc) is 2.69. The molecule has 0 radical (unpaired) electrons. The zero-order chi connectivity index (χ0) is 19.4. The zero-order valence-electron chi connectivity index (χ0n) is 15.7. The fraction of sp³-hybridized carbons (Fsp3) is 0.632. The van der Waals surface area contributed by atoms with Crippen molar-refractivity contribution in [1.82, 2.24) is 14.5 Å². The van der Waals surface area contributed by atoms with Gasteiger partial charge in [0.05, 0.1) is 4.90 Å². The maximum atomic E-state index is 13.0. The quantitative estimate of drug-likeness (QED) is 0.821. The van der Waals surface area contributed by atoms with Crippen LogP contribution < -0.4 is 5.32 Å². The molecule has 0 saturated carbocycles. The van der Waals surface area contributed by atoms with Gasteiger partial charge in [-0.2, -0.15) is 4.31 Å². The first kappa shape index (κ1) is 20.2. The summed E-state index contributed by atoms with van der Waals surface area (Å²) in [7, 11) is -3.65. The van der Waals surface area contributed by atoms with Gasteiger partial charge in [-0.3, -0.25) is 4.79 Å². The number of nitrogens with zero attached hydrogens (tertiary/aromatic N) is 2. The second-order valence-electron chi connectivity index (χ2n) is 7.51. The summed E-state index contributed by atoms with van der Waals surface area (Å²) in [6.45, 7) is 5.52. The predicted octanol–water partition coefficient (Wildman–Crippen LogP) is 1.68. The van der Waals surface area contributed by atoms with E-state index in [9.17, 15) is 17.6 Å². The monoisotopic (exact) mass is 397 g/mol. The third kappa shape index (κ3) is 4.86. The molecule has 1 amide bonds. The number of hydrogen-bond acceptors (Lipinski definition) is 4. The van der Waals surface area contributed by atoms with Gasteiger partial charge in [-0.1, -0.05) is 6.92 Å². The van der Waals surface area contributed by atoms with E-state index in [0.717, 1.165) is 38.1 Å². The molecule has 8 heteroatoms. The molecule has 1 aromatic rings. The standard InChI is InChI=1S/C19H28FN3O3S/c1-15(16-6-8-21-9-7-16)14-19(24)22-10-12-23(13-11-22)27(25,26)18-4-2-17(20)3-5-18/h2-5,15-16,21H,6-14H2,1H3. The van der Waals surface area contributed by atoms with Crippen molar-refractivity contribution in [2.75, 3.05) is 39.3 Å². The Hall–Kier alpha value is -1.51. The molecule has 27 heavy (non-hydrogen) atoms. The molecule has 1 N–H and O–H groups in total. The normalized spacial score (nSPS) is 21.2. The van der Waals surface area contributed by atoms with Crippen LogP contribution in [0.3, 0.4) is 0 Å². The summed E-state index contributed by atoms with van der Waals surface area (Å²) in [5.41, 5.74) is 0. The number of carbonyl (C=O) groups is 1. The van der Waals surface area contributed by atoms with Crippen molar-refractivity contribution in [2.45, 2.75) is 31.1 Å². The van der Waals surface area contributed by atoms with Crippen LogP contribution in [-0.4, -0.2) is 62.8 Å². The number of rotatable bonds is 5. The van der Waals surface area contributed by atoms with Crippen LogP contribution in [0.15, 0.2) is 29.2 Å². The number of carbonyl (C=O) groups excluding carboxylic acids is 1. The highest BCUT2D eigenvalue weighted by Gasteiger charge is 2.31. The van der Waals surface area contributed by atoms with E-state index in [1.54, 1.807) is 4.90 Å². The van der Waals surface area contributed by atoms with E-state index in [4.69, 9.17) is 0 Å². The van der Waals surface area contributed by atoms with Crippen molar-refractivity contribution in [2.24, 2.45) is 11.8 Å². The van der Waals surface area contributed by atoms with E-state index in [0.29, 0.717) is 31.3 Å². The highest BCUT2D eigenvalue weighted by Crippen LogP contribution is 2.25. The molecule has 0 aromatic heterocycles. The number of hydrogen-bond donors (Lipinski definition) is 1. The number of sulfonamides is 1. The molecule has 1 unspecified atom stereocenters. The second-order valence-corrected chi connectivity index (χ2v) is 9.45. The van der Waals surface area contributed by atoms with E-state index < -0.39 is 15.8 Å². The minimum absolute atomic E-state index is 0.0863. The molecule has 6 nitrogen and oxygen atoms in total. The zero-order valence-corrected chi connectivity index (χ0v) is 16.5. The third-order valence-electron chi connectivity index (χ3n) is 5.73. The summed E-state index contributed by atoms with van der Waals surface area (Å²) in [6.07, 6.45) is 2.74. The summed E-state index contributed by atoms with van der Waals surface area (Å²) in [5.74, 6) is 0.572. The van der Waals surface area contributed by atoms with Crippen LogP contribution in [0.2, 0.25) is 0 Å². The number of halogens is 1. The molecule has 3 rings (SSSR count). The smallest absolute Gasteiger partial charge is 0.243 e. The van der Waals surface area contributed by atoms with Crippen molar-refractivity contribution in [3.8, 4) is 0 Å². The van der Waals surface area contributed by atoms with Gasteiger partial charge in [0.2, 0.25) is 15.9 Å². The molecule has 2 aliphatic rings. The van der Waals surface area contributed by atoms with Gasteiger partial charge in [0.25, 0.3) is 0 Å². The van der Waals surface area contributed by atoms with Crippen molar-refractivity contribution in [3.05, 3.63) is 30.1 Å². The van der Waals surface area contributed by atoms with Crippen molar-refractivity contribution >= 4 is 15.9 Å². The maximum Gasteiger partial charge on any atom is 0.243 e. The van der Waals surface area contributed by atoms with Gasteiger partial charge in [-0.05, 0) is 62.0 Å². The minimum atomic E-state index is -3.65. The topological polar surface area (TPSA) is 69.7 Å². The molecule has 2 fully saturated rings. The molecule has 150 valence electrons. The molecular weight excluding hydrogens is 369 g/mol. The number of piperazine rings is 1. The number of amides is 1. The van der Waals surface area contributed by atoms with Crippen molar-refractivity contribution < 1.29 is 17.6 Å². The average molecular weight is 398 g/mol. The van der Waals surface area contributed by atoms with E-state index in [1.807, 2.05) is 0 Å². The lowest BCUT2D eigenvalue weighted by Crippen LogP contribution is -2.50. The Morgan fingerprint density at radius 2 is 1.74 bits per heavy atom. The van der Waals surface area contributed by atoms with Gasteiger partial charge in [0, 0.05) is 32.6 Å². The highest BCUT2D eigenvalue weighted by molar-refractivity contribution is 7.89. The Balaban J connectivity index is 1.53. The summed E-state index contributed by atoms with van der Waals surface area (Å²) >= 11 is 0. The molecule has 2 aliphatic heterocycles. The first-order valence-electron chi connectivity index (χ1n) is 9.62. The molecule has 0 bridgehead atoms. The molecule has 0 aliphatic carbocycles. The fourth-order valence-electron chi connectivity index (χ4n) is 3.92. The van der Waals surface area contributed by atoms with Crippen LogP contribution >= 0.6 is 0 Å². The van der Waals surface area contributed by atoms with Crippen LogP contribution in [0, 0.1) is 17.7 Å². The van der Waals surface area contributed by atoms with E-state index in [-0.39, 0.29) is 23.9 Å². The molecule has 1 aromatic carbocycles. The molecular formula is C19H28FN3O3S. The Morgan fingerprint density at radius 3 is 2.33 bits per heavy atom. The Morgan fingerprint density at radius 1 is 1.15 bits per heavy atom. The first-order valence-corrected chi connectivity index (χ1v) is 11.1. The summed E-state index contributed by atoms with van der Waals surface area (Å²) in [5, 5.41) is 3.34. The van der Waals surface area contributed by atoms with Crippen molar-refractivity contribution in [3.63, 3.8) is 0 Å². The number of piperidine rings is 1. The van der Waals surface area contributed by atoms with E-state index >= 15 is 0 Å². The van der Waals surface area contributed by atoms with Gasteiger partial charge in [-0.25, -0.2) is 12.8 Å². The Labute approximate surface area is 160 Å². The number of nitrogens with one attached hydrogen (secondary N) is 1. The van der Waals surface area contributed by atoms with Gasteiger partial charge < -0.3 is 10.2 Å². The van der Waals surface area contributed by atoms with Crippen LogP contribution in [0.5, 0.6) is 0 Å². The summed E-state index contributed by atoms with van der Waals surface area (Å²) < 4.78 is 39.7. The lowest BCUT2D eigenvalue weighted by atomic mass is 9.84. The van der Waals surface area contributed by atoms with Crippen LogP contribution in [-0.2, 0) is 14.8 Å². The SMILES string of the molecule is CC(CC(=O)N1CCN(S(=O)(=O)c2ccc(F)cc2)CC1)C1CCNCC1. The second kappa shape index (κ2) is 8.67.